The third-order valence-electron chi connectivity index (χ3n) is 2.72. The molecule has 0 aliphatic heterocycles. The lowest BCUT2D eigenvalue weighted by Crippen LogP contribution is -2.25. The Balaban J connectivity index is 2.87. The van der Waals surface area contributed by atoms with Gasteiger partial charge in [0.05, 0.1) is 0 Å². The van der Waals surface area contributed by atoms with Crippen LogP contribution < -0.4 is 10.6 Å². The lowest BCUT2D eigenvalue weighted by atomic mass is 10.1. The Morgan fingerprint density at radius 1 is 1.38 bits per heavy atom. The molecular weight excluding hydrogens is 198 g/mol. The summed E-state index contributed by atoms with van der Waals surface area (Å²) in [4.78, 5) is 6.88. The highest BCUT2D eigenvalue weighted by atomic mass is 15.2. The third-order valence-corrected chi connectivity index (χ3v) is 2.72. The van der Waals surface area contributed by atoms with Crippen LogP contribution >= 0.6 is 0 Å². The molecular formula is C13H23N3. The van der Waals surface area contributed by atoms with Gasteiger partial charge in [-0.25, -0.2) is 4.98 Å². The first kappa shape index (κ1) is 13.0. The van der Waals surface area contributed by atoms with Crippen LogP contribution in [0.5, 0.6) is 0 Å². The number of hydrogen-bond donors (Lipinski definition) is 1. The van der Waals surface area contributed by atoms with Crippen molar-refractivity contribution in [2.45, 2.75) is 33.6 Å². The Morgan fingerprint density at radius 2 is 2.12 bits per heavy atom. The molecule has 2 N–H and O–H groups in total. The Labute approximate surface area is 98.7 Å². The maximum atomic E-state index is 5.54. The fourth-order valence-corrected chi connectivity index (χ4v) is 1.94. The molecule has 0 amide bonds. The van der Waals surface area contributed by atoms with Gasteiger partial charge in [-0.15, -0.1) is 0 Å². The normalized spacial score (nSPS) is 10.5. The average molecular weight is 221 g/mol. The summed E-state index contributed by atoms with van der Waals surface area (Å²) in [6, 6.07) is 2.20. The van der Waals surface area contributed by atoms with Gasteiger partial charge < -0.3 is 10.6 Å². The predicted octanol–water partition coefficient (Wildman–Crippen LogP) is 2.13. The molecule has 1 aromatic heterocycles. The molecule has 0 aliphatic rings. The molecule has 0 saturated heterocycles. The van der Waals surface area contributed by atoms with Crippen molar-refractivity contribution in [1.29, 1.82) is 0 Å². The number of aryl methyl sites for hydroxylation is 1. The van der Waals surface area contributed by atoms with E-state index in [0.29, 0.717) is 6.54 Å². The van der Waals surface area contributed by atoms with Crippen LogP contribution in [0.2, 0.25) is 0 Å². The first-order valence-corrected chi connectivity index (χ1v) is 6.13. The standard InChI is InChI=1S/C13H23N3/c1-4-8-16(5-2)13-11(3)9-12(6-7-14)10-15-13/h9-10H,4-8,14H2,1-3H3. The zero-order chi connectivity index (χ0) is 12.0. The van der Waals surface area contributed by atoms with E-state index in [1.807, 2.05) is 6.20 Å². The number of nitrogens with zero attached hydrogens (tertiary/aromatic N) is 2. The second kappa shape index (κ2) is 6.48. The van der Waals surface area contributed by atoms with Gasteiger partial charge in [-0.05, 0) is 44.4 Å². The number of hydrogen-bond acceptors (Lipinski definition) is 3. The minimum Gasteiger partial charge on any atom is -0.357 e. The van der Waals surface area contributed by atoms with Gasteiger partial charge in [-0.3, -0.25) is 0 Å². The molecule has 0 aromatic carbocycles. The second-order valence-corrected chi connectivity index (χ2v) is 4.10. The van der Waals surface area contributed by atoms with Gasteiger partial charge in [0.2, 0.25) is 0 Å². The van der Waals surface area contributed by atoms with Gasteiger partial charge in [0.1, 0.15) is 5.82 Å². The van der Waals surface area contributed by atoms with E-state index in [1.165, 1.54) is 11.1 Å². The van der Waals surface area contributed by atoms with Gasteiger partial charge >= 0.3 is 0 Å². The zero-order valence-electron chi connectivity index (χ0n) is 10.7. The Kier molecular flexibility index (Phi) is 5.26. The molecule has 1 rings (SSSR count). The van der Waals surface area contributed by atoms with Crippen molar-refractivity contribution >= 4 is 5.82 Å². The van der Waals surface area contributed by atoms with Crippen molar-refractivity contribution in [2.75, 3.05) is 24.5 Å². The molecule has 0 fully saturated rings. The highest BCUT2D eigenvalue weighted by molar-refractivity contribution is 5.47. The smallest absolute Gasteiger partial charge is 0.131 e. The van der Waals surface area contributed by atoms with Crippen molar-refractivity contribution < 1.29 is 0 Å². The summed E-state index contributed by atoms with van der Waals surface area (Å²) in [6.07, 6.45) is 4.01. The maximum absolute atomic E-state index is 5.54. The fourth-order valence-electron chi connectivity index (χ4n) is 1.94. The maximum Gasteiger partial charge on any atom is 0.131 e. The first-order chi connectivity index (χ1) is 7.72. The molecule has 16 heavy (non-hydrogen) atoms. The van der Waals surface area contributed by atoms with Gasteiger partial charge in [0.15, 0.2) is 0 Å². The van der Waals surface area contributed by atoms with E-state index >= 15 is 0 Å². The quantitative estimate of drug-likeness (QED) is 0.800. The Bertz CT molecular complexity index is 323. The van der Waals surface area contributed by atoms with Crippen LogP contribution in [0, 0.1) is 6.92 Å². The lowest BCUT2D eigenvalue weighted by Gasteiger charge is -2.23. The summed E-state index contributed by atoms with van der Waals surface area (Å²) in [5, 5.41) is 0. The monoisotopic (exact) mass is 221 g/mol. The third kappa shape index (κ3) is 3.20. The number of aromatic nitrogens is 1. The highest BCUT2D eigenvalue weighted by Gasteiger charge is 2.08. The topological polar surface area (TPSA) is 42.2 Å². The Morgan fingerprint density at radius 3 is 2.62 bits per heavy atom. The number of rotatable bonds is 6. The fraction of sp³-hybridized carbons (Fsp3) is 0.615. The molecule has 1 aromatic rings. The summed E-state index contributed by atoms with van der Waals surface area (Å²) < 4.78 is 0. The van der Waals surface area contributed by atoms with E-state index in [2.05, 4.69) is 36.7 Å². The van der Waals surface area contributed by atoms with Gasteiger partial charge in [0.25, 0.3) is 0 Å². The average Bonchev–Trinajstić information content (AvgIpc) is 2.27. The SMILES string of the molecule is CCCN(CC)c1ncc(CCN)cc1C. The predicted molar refractivity (Wildman–Crippen MR) is 69.9 cm³/mol. The van der Waals surface area contributed by atoms with E-state index in [9.17, 15) is 0 Å². The molecule has 1 heterocycles. The molecule has 0 saturated carbocycles. The molecule has 90 valence electrons. The molecule has 0 unspecified atom stereocenters. The van der Waals surface area contributed by atoms with Crippen LogP contribution in [0.3, 0.4) is 0 Å². The van der Waals surface area contributed by atoms with E-state index < -0.39 is 0 Å². The number of pyridine rings is 1. The zero-order valence-corrected chi connectivity index (χ0v) is 10.7. The largest absolute Gasteiger partial charge is 0.357 e. The van der Waals surface area contributed by atoms with Crippen LogP contribution in [-0.2, 0) is 6.42 Å². The molecule has 3 heteroatoms. The molecule has 0 spiro atoms. The molecule has 0 bridgehead atoms. The number of anilines is 1. The van der Waals surface area contributed by atoms with Crippen molar-refractivity contribution in [3.63, 3.8) is 0 Å². The summed E-state index contributed by atoms with van der Waals surface area (Å²) in [7, 11) is 0. The summed E-state index contributed by atoms with van der Waals surface area (Å²) in [5.41, 5.74) is 8.03. The molecule has 3 nitrogen and oxygen atoms in total. The van der Waals surface area contributed by atoms with E-state index in [4.69, 9.17) is 5.73 Å². The van der Waals surface area contributed by atoms with Gasteiger partial charge in [-0.2, -0.15) is 0 Å². The lowest BCUT2D eigenvalue weighted by molar-refractivity contribution is 0.773. The van der Waals surface area contributed by atoms with Crippen LogP contribution in [-0.4, -0.2) is 24.6 Å². The van der Waals surface area contributed by atoms with Crippen LogP contribution in [0.25, 0.3) is 0 Å². The minimum absolute atomic E-state index is 0.687. The number of nitrogens with two attached hydrogens (primary N) is 1. The second-order valence-electron chi connectivity index (χ2n) is 4.10. The van der Waals surface area contributed by atoms with E-state index in [0.717, 1.165) is 31.7 Å². The van der Waals surface area contributed by atoms with Gasteiger partial charge in [-0.1, -0.05) is 13.0 Å². The summed E-state index contributed by atoms with van der Waals surface area (Å²) in [6.45, 7) is 9.26. The van der Waals surface area contributed by atoms with Crippen molar-refractivity contribution in [2.24, 2.45) is 5.73 Å². The van der Waals surface area contributed by atoms with Crippen LogP contribution in [0.4, 0.5) is 5.82 Å². The van der Waals surface area contributed by atoms with E-state index in [-0.39, 0.29) is 0 Å². The molecule has 0 radical (unpaired) electrons. The van der Waals surface area contributed by atoms with Crippen molar-refractivity contribution in [3.8, 4) is 0 Å². The van der Waals surface area contributed by atoms with Crippen LogP contribution in [0.1, 0.15) is 31.4 Å². The summed E-state index contributed by atoms with van der Waals surface area (Å²) in [5.74, 6) is 1.12. The van der Waals surface area contributed by atoms with Gasteiger partial charge in [0, 0.05) is 19.3 Å². The molecule has 0 atom stereocenters. The van der Waals surface area contributed by atoms with Crippen LogP contribution in [0.15, 0.2) is 12.3 Å². The Hall–Kier alpha value is -1.09. The van der Waals surface area contributed by atoms with Crippen molar-refractivity contribution in [1.82, 2.24) is 4.98 Å². The summed E-state index contributed by atoms with van der Waals surface area (Å²) >= 11 is 0. The molecule has 0 aliphatic carbocycles. The highest BCUT2D eigenvalue weighted by Crippen LogP contribution is 2.18. The van der Waals surface area contributed by atoms with E-state index in [1.54, 1.807) is 0 Å². The minimum atomic E-state index is 0.687. The first-order valence-electron chi connectivity index (χ1n) is 6.13. The van der Waals surface area contributed by atoms with Crippen molar-refractivity contribution in [3.05, 3.63) is 23.4 Å².